The molecule has 1 aromatic heterocycles. The van der Waals surface area contributed by atoms with Gasteiger partial charge in [-0.2, -0.15) is 0 Å². The first-order chi connectivity index (χ1) is 9.19. The number of pyridine rings is 1. The lowest BCUT2D eigenvalue weighted by Crippen LogP contribution is -2.44. The number of piperidine rings is 1. The van der Waals surface area contributed by atoms with Crippen LogP contribution in [-0.2, 0) is 0 Å². The second-order valence-corrected chi connectivity index (χ2v) is 5.88. The maximum absolute atomic E-state index is 12.4. The average Bonchev–Trinajstić information content (AvgIpc) is 2.87. The molecule has 21 heavy (non-hydrogen) atoms. The van der Waals surface area contributed by atoms with Crippen LogP contribution in [0.3, 0.4) is 0 Å². The molecule has 4 nitrogen and oxygen atoms in total. The monoisotopic (exact) mass is 331 g/mol. The first-order valence-electron chi connectivity index (χ1n) is 7.12. The first-order valence-corrected chi connectivity index (χ1v) is 7.12. The van der Waals surface area contributed by atoms with Crippen LogP contribution in [0.15, 0.2) is 18.2 Å². The molecule has 1 amide bonds. The molecule has 0 radical (unpaired) electrons. The largest absolute Gasteiger partial charge is 0.337 e. The molecular weight excluding hydrogens is 309 g/mol. The Morgan fingerprint density at radius 2 is 1.95 bits per heavy atom. The van der Waals surface area contributed by atoms with Crippen LogP contribution >= 0.6 is 24.8 Å². The highest BCUT2D eigenvalue weighted by atomic mass is 35.5. The van der Waals surface area contributed by atoms with Crippen LogP contribution in [0.5, 0.6) is 0 Å². The number of hydrogen-bond donors (Lipinski definition) is 1. The van der Waals surface area contributed by atoms with Crippen LogP contribution in [0, 0.1) is 12.3 Å². The Bertz CT molecular complexity index is 480. The predicted molar refractivity (Wildman–Crippen MR) is 88.5 cm³/mol. The fourth-order valence-electron chi connectivity index (χ4n) is 3.23. The molecule has 1 aromatic rings. The molecule has 2 aliphatic heterocycles. The summed E-state index contributed by atoms with van der Waals surface area (Å²) in [4.78, 5) is 18.7. The van der Waals surface area contributed by atoms with Gasteiger partial charge in [0.25, 0.3) is 5.91 Å². The number of hydrogen-bond acceptors (Lipinski definition) is 3. The molecule has 2 fully saturated rings. The van der Waals surface area contributed by atoms with E-state index in [1.165, 1.54) is 6.42 Å². The van der Waals surface area contributed by atoms with Crippen molar-refractivity contribution in [2.75, 3.05) is 26.2 Å². The summed E-state index contributed by atoms with van der Waals surface area (Å²) in [5, 5.41) is 3.45. The first kappa shape index (κ1) is 18.2. The summed E-state index contributed by atoms with van der Waals surface area (Å²) >= 11 is 0. The van der Waals surface area contributed by atoms with E-state index in [2.05, 4.69) is 10.3 Å². The topological polar surface area (TPSA) is 45.2 Å². The van der Waals surface area contributed by atoms with Crippen molar-refractivity contribution < 1.29 is 4.79 Å². The van der Waals surface area contributed by atoms with Crippen LogP contribution in [0.2, 0.25) is 0 Å². The van der Waals surface area contributed by atoms with E-state index in [-0.39, 0.29) is 30.7 Å². The van der Waals surface area contributed by atoms with Gasteiger partial charge in [0, 0.05) is 25.3 Å². The third kappa shape index (κ3) is 3.87. The molecule has 1 N–H and O–H groups in total. The van der Waals surface area contributed by atoms with Crippen molar-refractivity contribution in [3.05, 3.63) is 29.6 Å². The van der Waals surface area contributed by atoms with E-state index in [1.807, 2.05) is 30.0 Å². The Morgan fingerprint density at radius 3 is 2.52 bits per heavy atom. The molecule has 0 bridgehead atoms. The van der Waals surface area contributed by atoms with Gasteiger partial charge >= 0.3 is 0 Å². The SMILES string of the molecule is Cc1cccc(C(=O)N2CCC3(CCNC3)CC2)n1.Cl.Cl. The molecule has 3 rings (SSSR count). The number of rotatable bonds is 1. The van der Waals surface area contributed by atoms with Gasteiger partial charge in [0.1, 0.15) is 5.69 Å². The van der Waals surface area contributed by atoms with Gasteiger partial charge in [-0.05, 0) is 50.3 Å². The maximum Gasteiger partial charge on any atom is 0.272 e. The zero-order valence-electron chi connectivity index (χ0n) is 12.3. The van der Waals surface area contributed by atoms with Crippen LogP contribution in [0.4, 0.5) is 0 Å². The highest BCUT2D eigenvalue weighted by Gasteiger charge is 2.38. The van der Waals surface area contributed by atoms with Crippen LogP contribution in [0.25, 0.3) is 0 Å². The summed E-state index contributed by atoms with van der Waals surface area (Å²) in [7, 11) is 0. The highest BCUT2D eigenvalue weighted by molar-refractivity contribution is 5.92. The van der Waals surface area contributed by atoms with Gasteiger partial charge in [0.2, 0.25) is 0 Å². The van der Waals surface area contributed by atoms with Gasteiger partial charge in [-0.3, -0.25) is 4.79 Å². The fourth-order valence-corrected chi connectivity index (χ4v) is 3.23. The van der Waals surface area contributed by atoms with Crippen LogP contribution in [-0.4, -0.2) is 42.0 Å². The molecular formula is C15H23Cl2N3O. The molecule has 118 valence electrons. The van der Waals surface area contributed by atoms with Crippen molar-refractivity contribution in [3.63, 3.8) is 0 Å². The summed E-state index contributed by atoms with van der Waals surface area (Å²) in [6, 6.07) is 5.64. The second-order valence-electron chi connectivity index (χ2n) is 5.88. The number of carbonyl (C=O) groups excluding carboxylic acids is 1. The van der Waals surface area contributed by atoms with Crippen molar-refractivity contribution >= 4 is 30.7 Å². The van der Waals surface area contributed by atoms with Crippen molar-refractivity contribution in [1.82, 2.24) is 15.2 Å². The van der Waals surface area contributed by atoms with Crippen molar-refractivity contribution in [1.29, 1.82) is 0 Å². The lowest BCUT2D eigenvalue weighted by molar-refractivity contribution is 0.0602. The average molecular weight is 332 g/mol. The number of aromatic nitrogens is 1. The van der Waals surface area contributed by atoms with E-state index in [9.17, 15) is 4.79 Å². The normalized spacial score (nSPS) is 19.8. The molecule has 0 aromatic carbocycles. The number of halogens is 2. The summed E-state index contributed by atoms with van der Waals surface area (Å²) in [5.74, 6) is 0.0875. The highest BCUT2D eigenvalue weighted by Crippen LogP contribution is 2.37. The Kier molecular flexibility index (Phi) is 6.44. The Hall–Kier alpha value is -0.840. The van der Waals surface area contributed by atoms with E-state index < -0.39 is 0 Å². The van der Waals surface area contributed by atoms with E-state index in [4.69, 9.17) is 0 Å². The second kappa shape index (κ2) is 7.43. The number of aryl methyl sites for hydroxylation is 1. The predicted octanol–water partition coefficient (Wildman–Crippen LogP) is 2.45. The summed E-state index contributed by atoms with van der Waals surface area (Å²) in [6.45, 7) is 5.92. The third-order valence-corrected chi connectivity index (χ3v) is 4.55. The van der Waals surface area contributed by atoms with Gasteiger partial charge in [0.15, 0.2) is 0 Å². The number of carbonyl (C=O) groups is 1. The summed E-state index contributed by atoms with van der Waals surface area (Å²) in [6.07, 6.45) is 3.51. The standard InChI is InChI=1S/C15H21N3O.2ClH/c1-12-3-2-4-13(17-12)14(19)18-9-6-15(7-10-18)5-8-16-11-15;;/h2-4,16H,5-11H2,1H3;2*1H. The van der Waals surface area contributed by atoms with Crippen LogP contribution < -0.4 is 5.32 Å². The smallest absolute Gasteiger partial charge is 0.272 e. The lowest BCUT2D eigenvalue weighted by Gasteiger charge is -2.38. The van der Waals surface area contributed by atoms with Gasteiger partial charge < -0.3 is 10.2 Å². The molecule has 0 saturated carbocycles. The van der Waals surface area contributed by atoms with E-state index in [0.717, 1.165) is 44.7 Å². The van der Waals surface area contributed by atoms with Crippen molar-refractivity contribution in [2.45, 2.75) is 26.2 Å². The zero-order chi connectivity index (χ0) is 13.3. The van der Waals surface area contributed by atoms with Gasteiger partial charge in [-0.15, -0.1) is 24.8 Å². The van der Waals surface area contributed by atoms with E-state index >= 15 is 0 Å². The van der Waals surface area contributed by atoms with E-state index in [0.29, 0.717) is 11.1 Å². The third-order valence-electron chi connectivity index (χ3n) is 4.55. The Balaban J connectivity index is 0.00000110. The molecule has 0 atom stereocenters. The maximum atomic E-state index is 12.4. The molecule has 0 unspecified atom stereocenters. The quantitative estimate of drug-likeness (QED) is 0.859. The van der Waals surface area contributed by atoms with Crippen LogP contribution in [0.1, 0.15) is 35.4 Å². The van der Waals surface area contributed by atoms with Crippen molar-refractivity contribution in [3.8, 4) is 0 Å². The Morgan fingerprint density at radius 1 is 1.24 bits per heavy atom. The van der Waals surface area contributed by atoms with E-state index in [1.54, 1.807) is 0 Å². The van der Waals surface area contributed by atoms with Crippen molar-refractivity contribution in [2.24, 2.45) is 5.41 Å². The molecule has 2 saturated heterocycles. The van der Waals surface area contributed by atoms with Gasteiger partial charge in [-0.25, -0.2) is 4.98 Å². The van der Waals surface area contributed by atoms with Gasteiger partial charge in [-0.1, -0.05) is 6.07 Å². The molecule has 0 aliphatic carbocycles. The Labute approximate surface area is 138 Å². The minimum atomic E-state index is 0. The molecule has 6 heteroatoms. The molecule has 3 heterocycles. The zero-order valence-corrected chi connectivity index (χ0v) is 13.9. The van der Waals surface area contributed by atoms with Gasteiger partial charge in [0.05, 0.1) is 0 Å². The molecule has 2 aliphatic rings. The number of nitrogens with one attached hydrogen (secondary N) is 1. The minimum Gasteiger partial charge on any atom is -0.337 e. The number of nitrogens with zero attached hydrogens (tertiary/aromatic N) is 2. The fraction of sp³-hybridized carbons (Fsp3) is 0.600. The molecule has 1 spiro atoms. The number of likely N-dealkylation sites (tertiary alicyclic amines) is 1. The summed E-state index contributed by atoms with van der Waals surface area (Å²) in [5.41, 5.74) is 1.94. The number of amides is 1. The lowest BCUT2D eigenvalue weighted by atomic mass is 9.78. The minimum absolute atomic E-state index is 0. The summed E-state index contributed by atoms with van der Waals surface area (Å²) < 4.78 is 0.